The van der Waals surface area contributed by atoms with Gasteiger partial charge in [-0.2, -0.15) is 8.78 Å². The lowest BCUT2D eigenvalue weighted by Gasteiger charge is -2.16. The molecule has 1 aliphatic rings. The zero-order chi connectivity index (χ0) is 27.0. The highest BCUT2D eigenvalue weighted by molar-refractivity contribution is 6.15. The summed E-state index contributed by atoms with van der Waals surface area (Å²) in [5, 5.41) is 0. The van der Waals surface area contributed by atoms with E-state index in [4.69, 9.17) is 14.2 Å². The molecule has 37 heavy (non-hydrogen) atoms. The summed E-state index contributed by atoms with van der Waals surface area (Å²) in [5.41, 5.74) is 2.56. The summed E-state index contributed by atoms with van der Waals surface area (Å²) < 4.78 is 83.3. The van der Waals surface area contributed by atoms with E-state index in [-0.39, 0.29) is 28.6 Å². The summed E-state index contributed by atoms with van der Waals surface area (Å²) >= 11 is 0. The van der Waals surface area contributed by atoms with Gasteiger partial charge >= 0.3 is 5.97 Å². The summed E-state index contributed by atoms with van der Waals surface area (Å²) in [6.07, 6.45) is 0.683. The number of benzene rings is 3. The average Bonchev–Trinajstić information content (AvgIpc) is 3.19. The molecule has 0 saturated heterocycles. The molecule has 0 bridgehead atoms. The van der Waals surface area contributed by atoms with Crippen molar-refractivity contribution in [3.63, 3.8) is 0 Å². The molecule has 1 heterocycles. The molecule has 0 amide bonds. The van der Waals surface area contributed by atoms with Crippen LogP contribution in [0.15, 0.2) is 42.2 Å². The van der Waals surface area contributed by atoms with Crippen LogP contribution in [0.3, 0.4) is 0 Å². The third-order valence-electron chi connectivity index (χ3n) is 5.64. The minimum absolute atomic E-state index is 0.0637. The second kappa shape index (κ2) is 10.0. The van der Waals surface area contributed by atoms with Crippen LogP contribution in [0, 0.1) is 36.0 Å². The number of allylic oxidation sites excluding steroid dienone is 1. The van der Waals surface area contributed by atoms with Crippen LogP contribution in [-0.2, 0) is 11.2 Å². The lowest BCUT2D eigenvalue weighted by molar-refractivity contribution is -0.141. The lowest BCUT2D eigenvalue weighted by Crippen LogP contribution is -2.29. The Morgan fingerprint density at radius 3 is 2.16 bits per heavy atom. The minimum atomic E-state index is -2.35. The fourth-order valence-corrected chi connectivity index (χ4v) is 3.65. The first kappa shape index (κ1) is 25.9. The van der Waals surface area contributed by atoms with Crippen molar-refractivity contribution in [2.24, 2.45) is 0 Å². The van der Waals surface area contributed by atoms with Crippen molar-refractivity contribution in [2.75, 3.05) is 0 Å². The van der Waals surface area contributed by atoms with E-state index >= 15 is 0 Å². The fraction of sp³-hybridized carbons (Fsp3) is 0.185. The maximum absolute atomic E-state index is 13.9. The number of aryl methyl sites for hydroxylation is 2. The van der Waals surface area contributed by atoms with Crippen molar-refractivity contribution < 1.29 is 45.8 Å². The quantitative estimate of drug-likeness (QED) is 0.0966. The molecule has 0 radical (unpaired) electrons. The van der Waals surface area contributed by atoms with Crippen LogP contribution in [0.4, 0.5) is 22.0 Å². The first-order valence-electron chi connectivity index (χ1n) is 11.1. The Hall–Kier alpha value is -4.21. The molecule has 0 fully saturated rings. The van der Waals surface area contributed by atoms with Crippen LogP contribution in [0.25, 0.3) is 6.08 Å². The number of hydrogen-bond acceptors (Lipinski definition) is 5. The van der Waals surface area contributed by atoms with Crippen molar-refractivity contribution in [3.05, 3.63) is 93.5 Å². The molecular weight excluding hydrogens is 499 g/mol. The maximum atomic E-state index is 13.9. The van der Waals surface area contributed by atoms with Gasteiger partial charge in [-0.25, -0.2) is 18.0 Å². The standard InChI is InChI=1S/C27H19F5O5/c1-4-14-5-7-15(8-6-14)10-18-25(33)19-12(2)9-16(11-17(19)37-18)36-27(34)13(3)35-26-23(31)21(29)20(28)22(30)24(26)32/h5-11,13H,4H2,1-3H3/b18-10-. The molecule has 1 unspecified atom stereocenters. The van der Waals surface area contributed by atoms with Crippen molar-refractivity contribution in [2.45, 2.75) is 33.3 Å². The van der Waals surface area contributed by atoms with Gasteiger partial charge in [-0.3, -0.25) is 4.79 Å². The van der Waals surface area contributed by atoms with Crippen LogP contribution in [0.5, 0.6) is 17.2 Å². The molecule has 1 atom stereocenters. The molecule has 4 rings (SSSR count). The van der Waals surface area contributed by atoms with Gasteiger partial charge in [0.15, 0.2) is 17.6 Å². The normalized spacial score (nSPS) is 14.4. The molecule has 10 heteroatoms. The summed E-state index contributed by atoms with van der Waals surface area (Å²) in [7, 11) is 0. The summed E-state index contributed by atoms with van der Waals surface area (Å²) in [6, 6.07) is 10.2. The van der Waals surface area contributed by atoms with E-state index in [1.54, 1.807) is 13.0 Å². The first-order valence-corrected chi connectivity index (χ1v) is 11.1. The van der Waals surface area contributed by atoms with Crippen LogP contribution >= 0.6 is 0 Å². The Labute approximate surface area is 208 Å². The van der Waals surface area contributed by atoms with E-state index in [1.807, 2.05) is 31.2 Å². The highest BCUT2D eigenvalue weighted by atomic mass is 19.2. The largest absolute Gasteiger partial charge is 0.473 e. The van der Waals surface area contributed by atoms with Crippen LogP contribution in [0.1, 0.15) is 40.9 Å². The summed E-state index contributed by atoms with van der Waals surface area (Å²) in [4.78, 5) is 25.3. The first-order chi connectivity index (χ1) is 17.5. The van der Waals surface area contributed by atoms with Crippen molar-refractivity contribution in [1.82, 2.24) is 0 Å². The number of Topliss-reactive ketones (excluding diaryl/α,β-unsaturated/α-hetero) is 1. The topological polar surface area (TPSA) is 61.8 Å². The summed E-state index contributed by atoms with van der Waals surface area (Å²) in [6.45, 7) is 4.61. The third kappa shape index (κ3) is 4.91. The molecule has 192 valence electrons. The zero-order valence-electron chi connectivity index (χ0n) is 19.8. The third-order valence-corrected chi connectivity index (χ3v) is 5.64. The zero-order valence-corrected chi connectivity index (χ0v) is 19.8. The van der Waals surface area contributed by atoms with E-state index < -0.39 is 46.9 Å². The van der Waals surface area contributed by atoms with E-state index in [0.717, 1.165) is 24.5 Å². The molecule has 1 aliphatic heterocycles. The van der Waals surface area contributed by atoms with Gasteiger partial charge in [0.25, 0.3) is 0 Å². The number of rotatable bonds is 6. The van der Waals surface area contributed by atoms with Gasteiger partial charge < -0.3 is 14.2 Å². The maximum Gasteiger partial charge on any atom is 0.352 e. The number of fused-ring (bicyclic) bond motifs is 1. The van der Waals surface area contributed by atoms with Gasteiger partial charge in [0.1, 0.15) is 11.5 Å². The molecule has 0 saturated carbocycles. The molecule has 3 aromatic rings. The Kier molecular flexibility index (Phi) is 7.02. The lowest BCUT2D eigenvalue weighted by atomic mass is 10.0. The number of ether oxygens (including phenoxy) is 3. The number of carbonyl (C=O) groups is 2. The number of halogens is 5. The predicted molar refractivity (Wildman–Crippen MR) is 122 cm³/mol. The number of hydrogen-bond donors (Lipinski definition) is 0. The van der Waals surface area contributed by atoms with Gasteiger partial charge in [-0.15, -0.1) is 0 Å². The Bertz CT molecular complexity index is 1420. The summed E-state index contributed by atoms with van der Waals surface area (Å²) in [5.74, 6) is -14.3. The fourth-order valence-electron chi connectivity index (χ4n) is 3.65. The van der Waals surface area contributed by atoms with Crippen molar-refractivity contribution in [1.29, 1.82) is 0 Å². The van der Waals surface area contributed by atoms with Gasteiger partial charge in [-0.1, -0.05) is 31.2 Å². The molecule has 0 aromatic heterocycles. The van der Waals surface area contributed by atoms with E-state index in [0.29, 0.717) is 5.56 Å². The Morgan fingerprint density at radius 1 is 0.973 bits per heavy atom. The molecule has 0 N–H and O–H groups in total. The van der Waals surface area contributed by atoms with E-state index in [9.17, 15) is 31.5 Å². The number of ketones is 1. The second-order valence-electron chi connectivity index (χ2n) is 8.23. The Morgan fingerprint density at radius 2 is 1.57 bits per heavy atom. The predicted octanol–water partition coefficient (Wildman–Crippen LogP) is 6.24. The highest BCUT2D eigenvalue weighted by Gasteiger charge is 2.32. The second-order valence-corrected chi connectivity index (χ2v) is 8.23. The number of esters is 1. The minimum Gasteiger partial charge on any atom is -0.473 e. The SMILES string of the molecule is CCc1ccc(/C=C2\Oc3cc(OC(=O)C(C)Oc4c(F)c(F)c(F)c(F)c4F)cc(C)c3C2=O)cc1. The van der Waals surface area contributed by atoms with Crippen molar-refractivity contribution in [3.8, 4) is 17.2 Å². The van der Waals surface area contributed by atoms with Gasteiger partial charge in [0.2, 0.25) is 34.9 Å². The highest BCUT2D eigenvalue weighted by Crippen LogP contribution is 2.38. The van der Waals surface area contributed by atoms with Crippen LogP contribution in [-0.4, -0.2) is 17.9 Å². The van der Waals surface area contributed by atoms with Crippen molar-refractivity contribution >= 4 is 17.8 Å². The molecule has 0 spiro atoms. The molecule has 0 aliphatic carbocycles. The smallest absolute Gasteiger partial charge is 0.352 e. The van der Waals surface area contributed by atoms with Gasteiger partial charge in [-0.05, 0) is 49.1 Å². The Balaban J connectivity index is 1.52. The molecular formula is C27H19F5O5. The molecule has 5 nitrogen and oxygen atoms in total. The van der Waals surface area contributed by atoms with Gasteiger partial charge in [0.05, 0.1) is 5.56 Å². The van der Waals surface area contributed by atoms with Crippen LogP contribution in [0.2, 0.25) is 0 Å². The number of carbonyl (C=O) groups excluding carboxylic acids is 2. The van der Waals surface area contributed by atoms with Crippen LogP contribution < -0.4 is 14.2 Å². The monoisotopic (exact) mass is 518 g/mol. The van der Waals surface area contributed by atoms with E-state index in [2.05, 4.69) is 0 Å². The molecule has 3 aromatic carbocycles. The van der Waals surface area contributed by atoms with Gasteiger partial charge in [0, 0.05) is 6.07 Å². The average molecular weight is 518 g/mol. The van der Waals surface area contributed by atoms with E-state index in [1.165, 1.54) is 12.1 Å².